The summed E-state index contributed by atoms with van der Waals surface area (Å²) < 4.78 is 5.53. The number of carbonyl (C=O) groups excluding carboxylic acids is 1. The zero-order valence-electron chi connectivity index (χ0n) is 13.6. The van der Waals surface area contributed by atoms with Crippen molar-refractivity contribution in [2.24, 2.45) is 5.41 Å². The molecule has 1 rings (SSSR count). The quantitative estimate of drug-likeness (QED) is 0.852. The number of aryl methyl sites for hydroxylation is 2. The lowest BCUT2D eigenvalue weighted by atomic mass is 9.87. The minimum atomic E-state index is -1.12. The second-order valence-corrected chi connectivity index (χ2v) is 6.46. The van der Waals surface area contributed by atoms with Gasteiger partial charge in [-0.1, -0.05) is 27.7 Å². The summed E-state index contributed by atoms with van der Waals surface area (Å²) in [6.45, 7) is 11.6. The van der Waals surface area contributed by atoms with Crippen LogP contribution in [0.2, 0.25) is 0 Å². The lowest BCUT2D eigenvalue weighted by Crippen LogP contribution is -2.31. The second-order valence-electron chi connectivity index (χ2n) is 6.46. The lowest BCUT2D eigenvalue weighted by molar-refractivity contribution is -0.00428. The molecule has 0 aliphatic carbocycles. The van der Waals surface area contributed by atoms with Crippen LogP contribution in [0.15, 0.2) is 12.1 Å². The van der Waals surface area contributed by atoms with E-state index in [0.29, 0.717) is 6.42 Å². The van der Waals surface area contributed by atoms with Crippen molar-refractivity contribution in [1.29, 1.82) is 0 Å². The highest BCUT2D eigenvalue weighted by atomic mass is 16.5. The Hall–Kier alpha value is -1.84. The molecular weight excluding hydrogens is 268 g/mol. The van der Waals surface area contributed by atoms with Crippen LogP contribution in [0.1, 0.15) is 66.0 Å². The largest absolute Gasteiger partial charge is 0.478 e. The molecule has 1 atom stereocenters. The number of hydrogen-bond acceptors (Lipinski definition) is 3. The first-order chi connectivity index (χ1) is 9.57. The van der Waals surface area contributed by atoms with Crippen molar-refractivity contribution in [2.75, 3.05) is 0 Å². The molecule has 0 aliphatic heterocycles. The van der Waals surface area contributed by atoms with Gasteiger partial charge in [0.25, 0.3) is 0 Å². The molecule has 1 aromatic carbocycles. The van der Waals surface area contributed by atoms with Crippen LogP contribution in [0.5, 0.6) is 0 Å². The zero-order chi connectivity index (χ0) is 16.4. The molecule has 1 N–H and O–H groups in total. The third-order valence-electron chi connectivity index (χ3n) is 3.67. The summed E-state index contributed by atoms with van der Waals surface area (Å²) in [7, 11) is 0. The fourth-order valence-electron chi connectivity index (χ4n) is 2.23. The summed E-state index contributed by atoms with van der Waals surface area (Å²) in [6, 6.07) is 3.11. The van der Waals surface area contributed by atoms with Crippen molar-refractivity contribution in [2.45, 2.75) is 54.1 Å². The predicted molar refractivity (Wildman–Crippen MR) is 81.8 cm³/mol. The van der Waals surface area contributed by atoms with Gasteiger partial charge in [0.1, 0.15) is 6.10 Å². The van der Waals surface area contributed by atoms with E-state index in [1.807, 2.05) is 41.5 Å². The monoisotopic (exact) mass is 292 g/mol. The van der Waals surface area contributed by atoms with Crippen LogP contribution in [0.4, 0.5) is 0 Å². The van der Waals surface area contributed by atoms with Gasteiger partial charge in [-0.05, 0) is 48.9 Å². The van der Waals surface area contributed by atoms with Crippen LogP contribution in [0.25, 0.3) is 0 Å². The maximum atomic E-state index is 12.4. The number of aromatic carboxylic acids is 1. The lowest BCUT2D eigenvalue weighted by Gasteiger charge is -2.29. The predicted octanol–water partition coefficient (Wildman–Crippen LogP) is 3.98. The van der Waals surface area contributed by atoms with Gasteiger partial charge in [-0.2, -0.15) is 0 Å². The summed E-state index contributed by atoms with van der Waals surface area (Å²) in [5, 5.41) is 9.27. The topological polar surface area (TPSA) is 63.6 Å². The molecule has 21 heavy (non-hydrogen) atoms. The first-order valence-corrected chi connectivity index (χ1v) is 7.13. The van der Waals surface area contributed by atoms with E-state index in [0.717, 1.165) is 11.1 Å². The van der Waals surface area contributed by atoms with Gasteiger partial charge in [0.2, 0.25) is 0 Å². The second kappa shape index (κ2) is 6.29. The standard InChI is InChI=1S/C17H24O4/c1-7-14(17(4,5)6)21-16(20)13-9-11(3)10(2)8-12(13)15(18)19/h8-9,14H,7H2,1-6H3,(H,18,19). The van der Waals surface area contributed by atoms with Crippen LogP contribution < -0.4 is 0 Å². The average molecular weight is 292 g/mol. The molecule has 0 saturated heterocycles. The van der Waals surface area contributed by atoms with Gasteiger partial charge < -0.3 is 9.84 Å². The molecule has 0 amide bonds. The fraction of sp³-hybridized carbons (Fsp3) is 0.529. The molecule has 116 valence electrons. The molecule has 1 aromatic rings. The van der Waals surface area contributed by atoms with Crippen molar-refractivity contribution in [1.82, 2.24) is 0 Å². The number of hydrogen-bond donors (Lipinski definition) is 1. The number of carboxylic acids is 1. The Kier molecular flexibility index (Phi) is 5.15. The number of esters is 1. The highest BCUT2D eigenvalue weighted by molar-refractivity contribution is 6.02. The Bertz CT molecular complexity index is 553. The third-order valence-corrected chi connectivity index (χ3v) is 3.67. The fourth-order valence-corrected chi connectivity index (χ4v) is 2.23. The SMILES string of the molecule is CCC(OC(=O)c1cc(C)c(C)cc1C(=O)O)C(C)(C)C. The number of carboxylic acid groups (broad SMARTS) is 1. The smallest absolute Gasteiger partial charge is 0.339 e. The van der Waals surface area contributed by atoms with Crippen LogP contribution in [0, 0.1) is 19.3 Å². The first-order valence-electron chi connectivity index (χ1n) is 7.13. The van der Waals surface area contributed by atoms with Crippen LogP contribution >= 0.6 is 0 Å². The van der Waals surface area contributed by atoms with Crippen LogP contribution in [-0.2, 0) is 4.74 Å². The van der Waals surface area contributed by atoms with Gasteiger partial charge in [0, 0.05) is 0 Å². The van der Waals surface area contributed by atoms with E-state index in [2.05, 4.69) is 0 Å². The number of carbonyl (C=O) groups is 2. The van der Waals surface area contributed by atoms with Crippen molar-refractivity contribution in [3.05, 3.63) is 34.4 Å². The Balaban J connectivity index is 3.18. The average Bonchev–Trinajstić information content (AvgIpc) is 2.36. The Morgan fingerprint density at radius 1 is 1.14 bits per heavy atom. The maximum absolute atomic E-state index is 12.4. The van der Waals surface area contributed by atoms with E-state index in [1.54, 1.807) is 6.07 Å². The summed E-state index contributed by atoms with van der Waals surface area (Å²) in [5.74, 6) is -1.69. The molecule has 4 nitrogen and oxygen atoms in total. The van der Waals surface area contributed by atoms with E-state index >= 15 is 0 Å². The molecule has 0 bridgehead atoms. The van der Waals surface area contributed by atoms with E-state index in [9.17, 15) is 14.7 Å². The normalized spacial score (nSPS) is 12.9. The first kappa shape index (κ1) is 17.2. The Labute approximate surface area is 126 Å². The molecular formula is C17H24O4. The highest BCUT2D eigenvalue weighted by Crippen LogP contribution is 2.27. The van der Waals surface area contributed by atoms with Gasteiger partial charge in [-0.25, -0.2) is 9.59 Å². The molecule has 0 saturated carbocycles. The van der Waals surface area contributed by atoms with Crippen molar-refractivity contribution in [3.63, 3.8) is 0 Å². The highest BCUT2D eigenvalue weighted by Gasteiger charge is 2.29. The Morgan fingerprint density at radius 3 is 2.00 bits per heavy atom. The number of benzene rings is 1. The van der Waals surface area contributed by atoms with E-state index in [4.69, 9.17) is 4.74 Å². The third kappa shape index (κ3) is 4.06. The van der Waals surface area contributed by atoms with Crippen molar-refractivity contribution < 1.29 is 19.4 Å². The van der Waals surface area contributed by atoms with Crippen molar-refractivity contribution in [3.8, 4) is 0 Å². The zero-order valence-corrected chi connectivity index (χ0v) is 13.6. The van der Waals surface area contributed by atoms with Crippen molar-refractivity contribution >= 4 is 11.9 Å². The molecule has 0 aliphatic rings. The molecule has 0 aromatic heterocycles. The molecule has 4 heteroatoms. The molecule has 0 heterocycles. The summed E-state index contributed by atoms with van der Waals surface area (Å²) >= 11 is 0. The summed E-state index contributed by atoms with van der Waals surface area (Å²) in [4.78, 5) is 23.7. The van der Waals surface area contributed by atoms with Gasteiger partial charge in [-0.3, -0.25) is 0 Å². The summed E-state index contributed by atoms with van der Waals surface area (Å²) in [5.41, 5.74) is 1.64. The minimum Gasteiger partial charge on any atom is -0.478 e. The molecule has 0 spiro atoms. The molecule has 1 unspecified atom stereocenters. The van der Waals surface area contributed by atoms with E-state index in [1.165, 1.54) is 6.07 Å². The van der Waals surface area contributed by atoms with Crippen LogP contribution in [-0.4, -0.2) is 23.1 Å². The number of rotatable bonds is 4. The minimum absolute atomic E-state index is 0.00753. The van der Waals surface area contributed by atoms with Gasteiger partial charge >= 0.3 is 11.9 Å². The van der Waals surface area contributed by atoms with E-state index < -0.39 is 11.9 Å². The molecule has 0 fully saturated rings. The number of ether oxygens (including phenoxy) is 1. The molecule has 0 radical (unpaired) electrons. The van der Waals surface area contributed by atoms with Gasteiger partial charge in [0.05, 0.1) is 11.1 Å². The van der Waals surface area contributed by atoms with E-state index in [-0.39, 0.29) is 22.6 Å². The van der Waals surface area contributed by atoms with Gasteiger partial charge in [0.15, 0.2) is 0 Å². The maximum Gasteiger partial charge on any atom is 0.339 e. The van der Waals surface area contributed by atoms with Crippen LogP contribution in [0.3, 0.4) is 0 Å². The Morgan fingerprint density at radius 2 is 1.62 bits per heavy atom. The van der Waals surface area contributed by atoms with Gasteiger partial charge in [-0.15, -0.1) is 0 Å². The summed E-state index contributed by atoms with van der Waals surface area (Å²) in [6.07, 6.45) is 0.427.